The molecule has 1 aliphatic heterocycles. The van der Waals surface area contributed by atoms with Crippen LogP contribution < -0.4 is 5.32 Å². The van der Waals surface area contributed by atoms with E-state index in [0.717, 1.165) is 44.6 Å². The molecule has 1 aromatic carbocycles. The second-order valence-electron chi connectivity index (χ2n) is 9.26. The maximum absolute atomic E-state index is 12.9. The number of ether oxygens (including phenoxy) is 1. The van der Waals surface area contributed by atoms with E-state index in [2.05, 4.69) is 21.3 Å². The molecule has 1 N–H and O–H groups in total. The summed E-state index contributed by atoms with van der Waals surface area (Å²) in [6.07, 6.45) is 4.20. The molecule has 172 valence electrons. The highest BCUT2D eigenvalue weighted by atomic mass is 16.6. The number of piperidine rings is 1. The van der Waals surface area contributed by atoms with E-state index in [-0.39, 0.29) is 11.9 Å². The van der Waals surface area contributed by atoms with Crippen LogP contribution in [0.4, 0.5) is 10.5 Å². The fourth-order valence-corrected chi connectivity index (χ4v) is 3.84. The van der Waals surface area contributed by atoms with Gasteiger partial charge in [0.15, 0.2) is 0 Å². The van der Waals surface area contributed by atoms with Gasteiger partial charge in [-0.3, -0.25) is 15.1 Å². The number of carbonyl (C=O) groups is 2. The van der Waals surface area contributed by atoms with Crippen molar-refractivity contribution in [1.82, 2.24) is 14.8 Å². The molecular formula is C25H34N4O3. The predicted molar refractivity (Wildman–Crippen MR) is 126 cm³/mol. The Morgan fingerprint density at radius 2 is 1.81 bits per heavy atom. The van der Waals surface area contributed by atoms with Crippen LogP contribution in [0.25, 0.3) is 0 Å². The van der Waals surface area contributed by atoms with Crippen molar-refractivity contribution in [2.24, 2.45) is 0 Å². The molecule has 3 rings (SSSR count). The predicted octanol–water partition coefficient (Wildman–Crippen LogP) is 4.21. The maximum Gasteiger partial charge on any atom is 0.412 e. The third-order valence-corrected chi connectivity index (χ3v) is 5.61. The average molecular weight is 439 g/mol. The van der Waals surface area contributed by atoms with Gasteiger partial charge in [0.1, 0.15) is 5.60 Å². The summed E-state index contributed by atoms with van der Waals surface area (Å²) in [5, 5.41) is 2.69. The number of rotatable bonds is 6. The minimum absolute atomic E-state index is 0.000698. The number of benzene rings is 1. The number of nitrogens with one attached hydrogen (secondary N) is 1. The van der Waals surface area contributed by atoms with E-state index in [0.29, 0.717) is 11.3 Å². The number of hydrogen-bond acceptors (Lipinski definition) is 5. The van der Waals surface area contributed by atoms with Gasteiger partial charge in [0.2, 0.25) is 0 Å². The van der Waals surface area contributed by atoms with Crippen LogP contribution in [-0.4, -0.2) is 65.1 Å². The van der Waals surface area contributed by atoms with E-state index < -0.39 is 11.7 Å². The number of nitrogens with zero attached hydrogens (tertiary/aromatic N) is 3. The van der Waals surface area contributed by atoms with Crippen molar-refractivity contribution in [3.8, 4) is 0 Å². The molecule has 0 bridgehead atoms. The quantitative estimate of drug-likeness (QED) is 0.731. The Balaban J connectivity index is 1.46. The topological polar surface area (TPSA) is 74.8 Å². The van der Waals surface area contributed by atoms with Gasteiger partial charge in [-0.2, -0.15) is 0 Å². The van der Waals surface area contributed by atoms with Gasteiger partial charge in [0, 0.05) is 62.3 Å². The minimum Gasteiger partial charge on any atom is -0.444 e. The zero-order valence-corrected chi connectivity index (χ0v) is 19.5. The lowest BCUT2D eigenvalue weighted by Crippen LogP contribution is -2.46. The fourth-order valence-electron chi connectivity index (χ4n) is 3.84. The van der Waals surface area contributed by atoms with E-state index in [9.17, 15) is 9.59 Å². The lowest BCUT2D eigenvalue weighted by atomic mass is 10.0. The van der Waals surface area contributed by atoms with Crippen LogP contribution in [0, 0.1) is 0 Å². The van der Waals surface area contributed by atoms with Crippen molar-refractivity contribution >= 4 is 17.7 Å². The summed E-state index contributed by atoms with van der Waals surface area (Å²) in [6, 6.07) is 13.2. The molecule has 0 saturated carbocycles. The van der Waals surface area contributed by atoms with Gasteiger partial charge in [-0.25, -0.2) is 4.79 Å². The molecule has 1 aromatic heterocycles. The molecule has 1 aliphatic rings. The summed E-state index contributed by atoms with van der Waals surface area (Å²) in [4.78, 5) is 33.5. The van der Waals surface area contributed by atoms with Crippen LogP contribution in [0.5, 0.6) is 0 Å². The normalized spacial score (nSPS) is 15.2. The molecule has 1 fully saturated rings. The van der Waals surface area contributed by atoms with Gasteiger partial charge in [0.25, 0.3) is 5.91 Å². The second kappa shape index (κ2) is 10.6. The Kier molecular flexibility index (Phi) is 7.85. The van der Waals surface area contributed by atoms with Crippen LogP contribution in [0.1, 0.15) is 49.7 Å². The summed E-state index contributed by atoms with van der Waals surface area (Å²) in [6.45, 7) is 8.40. The molecule has 7 nitrogen and oxygen atoms in total. The molecule has 7 heteroatoms. The summed E-state index contributed by atoms with van der Waals surface area (Å²) < 4.78 is 5.26. The Hall–Kier alpha value is -2.93. The van der Waals surface area contributed by atoms with Crippen molar-refractivity contribution in [1.29, 1.82) is 0 Å². The Labute approximate surface area is 190 Å². The number of carbonyl (C=O) groups excluding carboxylic acids is 2. The number of aromatic nitrogens is 1. The van der Waals surface area contributed by atoms with Crippen LogP contribution in [-0.2, 0) is 11.2 Å². The molecule has 2 aromatic rings. The monoisotopic (exact) mass is 438 g/mol. The van der Waals surface area contributed by atoms with E-state index in [1.54, 1.807) is 24.3 Å². The molecule has 2 amide bonds. The molecule has 0 atom stereocenters. The van der Waals surface area contributed by atoms with E-state index >= 15 is 0 Å². The van der Waals surface area contributed by atoms with Gasteiger partial charge in [-0.15, -0.1) is 0 Å². The first-order valence-corrected chi connectivity index (χ1v) is 11.2. The zero-order chi connectivity index (χ0) is 23.1. The second-order valence-corrected chi connectivity index (χ2v) is 9.26. The van der Waals surface area contributed by atoms with E-state index in [1.807, 2.05) is 51.0 Å². The Bertz CT molecular complexity index is 886. The van der Waals surface area contributed by atoms with Gasteiger partial charge in [-0.1, -0.05) is 6.07 Å². The minimum atomic E-state index is -0.559. The van der Waals surface area contributed by atoms with Crippen molar-refractivity contribution in [3.63, 3.8) is 0 Å². The van der Waals surface area contributed by atoms with Gasteiger partial charge in [-0.05, 0) is 70.0 Å². The van der Waals surface area contributed by atoms with Gasteiger partial charge in [0.05, 0.1) is 0 Å². The number of pyridine rings is 1. The summed E-state index contributed by atoms with van der Waals surface area (Å²) in [5.41, 5.74) is 1.77. The van der Waals surface area contributed by atoms with Crippen molar-refractivity contribution in [2.75, 3.05) is 32.0 Å². The fraction of sp³-hybridized carbons (Fsp3) is 0.480. The molecule has 1 saturated heterocycles. The molecular weight excluding hydrogens is 404 g/mol. The standard InChI is InChI=1S/C25H34N4O3/c1-25(2,3)32-24(31)27-21-10-8-19(9-11-21)23(30)28(4)22-13-17-29(18-14-22)16-12-20-7-5-6-15-26-20/h5-11,15,22H,12-14,16-18H2,1-4H3,(H,27,31). The number of hydrogen-bond donors (Lipinski definition) is 1. The maximum atomic E-state index is 12.9. The first-order valence-electron chi connectivity index (χ1n) is 11.2. The highest BCUT2D eigenvalue weighted by Crippen LogP contribution is 2.19. The summed E-state index contributed by atoms with van der Waals surface area (Å²) in [7, 11) is 1.88. The van der Waals surface area contributed by atoms with Crippen molar-refractivity contribution in [2.45, 2.75) is 51.7 Å². The molecule has 0 radical (unpaired) electrons. The van der Waals surface area contributed by atoms with Crippen LogP contribution in [0.15, 0.2) is 48.7 Å². The third kappa shape index (κ3) is 7.05. The molecule has 32 heavy (non-hydrogen) atoms. The van der Waals surface area contributed by atoms with Gasteiger partial charge >= 0.3 is 6.09 Å². The zero-order valence-electron chi connectivity index (χ0n) is 19.5. The van der Waals surface area contributed by atoms with Crippen molar-refractivity contribution < 1.29 is 14.3 Å². The molecule has 0 spiro atoms. The highest BCUT2D eigenvalue weighted by molar-refractivity contribution is 5.95. The Morgan fingerprint density at radius 3 is 2.41 bits per heavy atom. The highest BCUT2D eigenvalue weighted by Gasteiger charge is 2.26. The molecule has 2 heterocycles. The smallest absolute Gasteiger partial charge is 0.412 e. The van der Waals surface area contributed by atoms with Crippen LogP contribution >= 0.6 is 0 Å². The first-order chi connectivity index (χ1) is 15.2. The van der Waals surface area contributed by atoms with E-state index in [4.69, 9.17) is 4.74 Å². The lowest BCUT2D eigenvalue weighted by molar-refractivity contribution is 0.0631. The molecule has 0 unspecified atom stereocenters. The van der Waals surface area contributed by atoms with Crippen LogP contribution in [0.3, 0.4) is 0 Å². The number of likely N-dealkylation sites (tertiary alicyclic amines) is 1. The third-order valence-electron chi connectivity index (χ3n) is 5.61. The largest absolute Gasteiger partial charge is 0.444 e. The lowest BCUT2D eigenvalue weighted by Gasteiger charge is -2.36. The number of anilines is 1. The van der Waals surface area contributed by atoms with Gasteiger partial charge < -0.3 is 14.5 Å². The van der Waals surface area contributed by atoms with Crippen molar-refractivity contribution in [3.05, 3.63) is 59.9 Å². The molecule has 0 aliphatic carbocycles. The van der Waals surface area contributed by atoms with E-state index in [1.165, 1.54) is 0 Å². The summed E-state index contributed by atoms with van der Waals surface area (Å²) in [5.74, 6) is 0.000698. The van der Waals surface area contributed by atoms with Crippen LogP contribution in [0.2, 0.25) is 0 Å². The average Bonchev–Trinajstić information content (AvgIpc) is 2.77. The number of amides is 2. The first kappa shape index (κ1) is 23.7. The SMILES string of the molecule is CN(C(=O)c1ccc(NC(=O)OC(C)(C)C)cc1)C1CCN(CCc2ccccn2)CC1. The Morgan fingerprint density at radius 1 is 1.12 bits per heavy atom. The summed E-state index contributed by atoms with van der Waals surface area (Å²) >= 11 is 0.